The molecule has 1 saturated carbocycles. The Balaban J connectivity index is 1.68. The molecule has 0 aromatic carbocycles. The molecule has 5 heteroatoms. The summed E-state index contributed by atoms with van der Waals surface area (Å²) in [5.41, 5.74) is 0.595. The fraction of sp³-hybridized carbons (Fsp3) is 0.462. The van der Waals surface area contributed by atoms with E-state index in [0.717, 1.165) is 12.8 Å². The van der Waals surface area contributed by atoms with Crippen LogP contribution in [0.25, 0.3) is 0 Å². The average Bonchev–Trinajstić information content (AvgIpc) is 3.23. The van der Waals surface area contributed by atoms with Crippen LogP contribution in [-0.2, 0) is 4.79 Å². The van der Waals surface area contributed by atoms with Crippen LogP contribution in [0.15, 0.2) is 24.5 Å². The van der Waals surface area contributed by atoms with Crippen molar-refractivity contribution in [1.82, 2.24) is 14.8 Å². The van der Waals surface area contributed by atoms with Gasteiger partial charge in [0.25, 0.3) is 5.91 Å². The largest absolute Gasteiger partial charge is 0.336 e. The normalized spacial score (nSPS) is 20.1. The van der Waals surface area contributed by atoms with E-state index in [1.807, 2.05) is 4.90 Å². The van der Waals surface area contributed by atoms with Crippen molar-refractivity contribution in [3.63, 3.8) is 0 Å². The van der Waals surface area contributed by atoms with Gasteiger partial charge in [-0.05, 0) is 25.0 Å². The fourth-order valence-electron chi connectivity index (χ4n) is 2.31. The predicted octanol–water partition coefficient (Wildman–Crippen LogP) is 0.528. The van der Waals surface area contributed by atoms with Crippen molar-refractivity contribution in [2.75, 3.05) is 19.6 Å². The molecule has 18 heavy (non-hydrogen) atoms. The van der Waals surface area contributed by atoms with E-state index in [-0.39, 0.29) is 18.4 Å². The lowest BCUT2D eigenvalue weighted by Gasteiger charge is -2.34. The number of aromatic nitrogens is 1. The number of amides is 2. The van der Waals surface area contributed by atoms with E-state index < -0.39 is 0 Å². The van der Waals surface area contributed by atoms with Gasteiger partial charge in [-0.3, -0.25) is 14.6 Å². The van der Waals surface area contributed by atoms with E-state index in [4.69, 9.17) is 0 Å². The van der Waals surface area contributed by atoms with Crippen molar-refractivity contribution in [2.45, 2.75) is 18.9 Å². The first kappa shape index (κ1) is 11.2. The second kappa shape index (κ2) is 4.40. The van der Waals surface area contributed by atoms with Crippen molar-refractivity contribution in [2.24, 2.45) is 0 Å². The van der Waals surface area contributed by atoms with Crippen LogP contribution in [0.1, 0.15) is 23.2 Å². The van der Waals surface area contributed by atoms with E-state index in [9.17, 15) is 9.59 Å². The maximum absolute atomic E-state index is 12.2. The van der Waals surface area contributed by atoms with Crippen LogP contribution in [0.2, 0.25) is 0 Å². The first-order valence-corrected chi connectivity index (χ1v) is 6.24. The van der Waals surface area contributed by atoms with Crippen molar-refractivity contribution >= 4 is 11.8 Å². The van der Waals surface area contributed by atoms with Gasteiger partial charge >= 0.3 is 0 Å². The highest BCUT2D eigenvalue weighted by molar-refractivity contribution is 5.97. The van der Waals surface area contributed by atoms with Crippen molar-refractivity contribution in [3.05, 3.63) is 30.1 Å². The third kappa shape index (κ3) is 2.08. The maximum Gasteiger partial charge on any atom is 0.254 e. The van der Waals surface area contributed by atoms with Gasteiger partial charge in [0.1, 0.15) is 6.54 Å². The highest BCUT2D eigenvalue weighted by Crippen LogP contribution is 2.28. The number of hydrogen-bond acceptors (Lipinski definition) is 3. The minimum Gasteiger partial charge on any atom is -0.336 e. The van der Waals surface area contributed by atoms with Crippen molar-refractivity contribution < 1.29 is 9.59 Å². The molecular weight excluding hydrogens is 230 g/mol. The SMILES string of the molecule is O=C(c1ccncc1)N1CCN(C2CC2)C(=O)C1. The Hall–Kier alpha value is -1.91. The second-order valence-electron chi connectivity index (χ2n) is 4.78. The molecule has 1 aliphatic heterocycles. The molecular formula is C13H15N3O2. The Bertz CT molecular complexity index is 470. The molecule has 94 valence electrons. The van der Waals surface area contributed by atoms with E-state index >= 15 is 0 Å². The summed E-state index contributed by atoms with van der Waals surface area (Å²) < 4.78 is 0. The Morgan fingerprint density at radius 1 is 1.22 bits per heavy atom. The van der Waals surface area contributed by atoms with Crippen LogP contribution in [0, 0.1) is 0 Å². The number of carbonyl (C=O) groups excluding carboxylic acids is 2. The zero-order valence-electron chi connectivity index (χ0n) is 10.1. The molecule has 1 aromatic heterocycles. The summed E-state index contributed by atoms with van der Waals surface area (Å²) in [4.78, 5) is 31.5. The van der Waals surface area contributed by atoms with Gasteiger partial charge in [-0.25, -0.2) is 0 Å². The van der Waals surface area contributed by atoms with Crippen molar-refractivity contribution in [3.8, 4) is 0 Å². The van der Waals surface area contributed by atoms with Gasteiger partial charge in [0.05, 0.1) is 0 Å². The van der Waals surface area contributed by atoms with Crippen LogP contribution >= 0.6 is 0 Å². The molecule has 2 amide bonds. The standard InChI is InChI=1S/C13H15N3O2/c17-12-9-15(7-8-16(12)11-1-2-11)13(18)10-3-5-14-6-4-10/h3-6,11H,1-2,7-9H2. The minimum absolute atomic E-state index is 0.0751. The first-order valence-electron chi connectivity index (χ1n) is 6.24. The van der Waals surface area contributed by atoms with E-state index in [1.54, 1.807) is 29.4 Å². The number of rotatable bonds is 2. The van der Waals surface area contributed by atoms with Crippen LogP contribution in [0.4, 0.5) is 0 Å². The number of hydrogen-bond donors (Lipinski definition) is 0. The Morgan fingerprint density at radius 3 is 2.56 bits per heavy atom. The summed E-state index contributed by atoms with van der Waals surface area (Å²) in [5.74, 6) is -0.00708. The predicted molar refractivity (Wildman–Crippen MR) is 64.9 cm³/mol. The summed E-state index contributed by atoms with van der Waals surface area (Å²) in [5, 5.41) is 0. The van der Waals surface area contributed by atoms with E-state index in [2.05, 4.69) is 4.98 Å². The van der Waals surface area contributed by atoms with Crippen LogP contribution in [0.5, 0.6) is 0 Å². The van der Waals surface area contributed by atoms with E-state index in [0.29, 0.717) is 24.7 Å². The van der Waals surface area contributed by atoms with Crippen molar-refractivity contribution in [1.29, 1.82) is 0 Å². The third-order valence-corrected chi connectivity index (χ3v) is 3.46. The molecule has 0 spiro atoms. The Kier molecular flexibility index (Phi) is 2.74. The molecule has 1 aromatic rings. The average molecular weight is 245 g/mol. The molecule has 0 N–H and O–H groups in total. The molecule has 2 fully saturated rings. The molecule has 5 nitrogen and oxygen atoms in total. The van der Waals surface area contributed by atoms with E-state index in [1.165, 1.54) is 0 Å². The second-order valence-corrected chi connectivity index (χ2v) is 4.78. The lowest BCUT2D eigenvalue weighted by molar-refractivity contribution is -0.135. The van der Waals surface area contributed by atoms with Crippen LogP contribution in [0.3, 0.4) is 0 Å². The molecule has 0 radical (unpaired) electrons. The van der Waals surface area contributed by atoms with Gasteiger partial charge in [0.15, 0.2) is 0 Å². The lowest BCUT2D eigenvalue weighted by Crippen LogP contribution is -2.52. The highest BCUT2D eigenvalue weighted by Gasteiger charge is 2.36. The van der Waals surface area contributed by atoms with Gasteiger partial charge in [0, 0.05) is 37.1 Å². The zero-order chi connectivity index (χ0) is 12.5. The first-order chi connectivity index (χ1) is 8.75. The highest BCUT2D eigenvalue weighted by atomic mass is 16.2. The molecule has 0 atom stereocenters. The molecule has 2 aliphatic rings. The quantitative estimate of drug-likeness (QED) is 0.763. The molecule has 0 bridgehead atoms. The number of pyridine rings is 1. The minimum atomic E-state index is -0.0822. The summed E-state index contributed by atoms with van der Waals surface area (Å²) in [6.45, 7) is 1.50. The summed E-state index contributed by atoms with van der Waals surface area (Å²) in [6, 6.07) is 3.80. The molecule has 2 heterocycles. The third-order valence-electron chi connectivity index (χ3n) is 3.46. The van der Waals surface area contributed by atoms with Gasteiger partial charge in [-0.2, -0.15) is 0 Å². The van der Waals surface area contributed by atoms with Crippen LogP contribution < -0.4 is 0 Å². The maximum atomic E-state index is 12.2. The molecule has 1 aliphatic carbocycles. The topological polar surface area (TPSA) is 53.5 Å². The summed E-state index contributed by atoms with van der Waals surface area (Å²) in [7, 11) is 0. The number of piperazine rings is 1. The van der Waals surface area contributed by atoms with Gasteiger partial charge < -0.3 is 9.80 Å². The molecule has 3 rings (SSSR count). The number of carbonyl (C=O) groups is 2. The Labute approximate surface area is 105 Å². The molecule has 1 saturated heterocycles. The smallest absolute Gasteiger partial charge is 0.254 e. The Morgan fingerprint density at radius 2 is 1.94 bits per heavy atom. The zero-order valence-corrected chi connectivity index (χ0v) is 10.1. The fourth-order valence-corrected chi connectivity index (χ4v) is 2.31. The lowest BCUT2D eigenvalue weighted by atomic mass is 10.2. The summed E-state index contributed by atoms with van der Waals surface area (Å²) >= 11 is 0. The van der Waals surface area contributed by atoms with Crippen LogP contribution in [-0.4, -0.2) is 52.3 Å². The van der Waals surface area contributed by atoms with Gasteiger partial charge in [-0.1, -0.05) is 0 Å². The monoisotopic (exact) mass is 245 g/mol. The van der Waals surface area contributed by atoms with Gasteiger partial charge in [-0.15, -0.1) is 0 Å². The molecule has 0 unspecified atom stereocenters. The van der Waals surface area contributed by atoms with Gasteiger partial charge in [0.2, 0.25) is 5.91 Å². The summed E-state index contributed by atoms with van der Waals surface area (Å²) in [6.07, 6.45) is 5.42. The number of nitrogens with zero attached hydrogens (tertiary/aromatic N) is 3.